The average molecular weight is 489 g/mol. The van der Waals surface area contributed by atoms with E-state index in [9.17, 15) is 4.79 Å². The zero-order chi connectivity index (χ0) is 22.9. The van der Waals surface area contributed by atoms with Crippen LogP contribution in [0.4, 0.5) is 0 Å². The summed E-state index contributed by atoms with van der Waals surface area (Å²) in [5.74, 6) is 1.56. The van der Waals surface area contributed by atoms with Gasteiger partial charge in [-0.3, -0.25) is 14.6 Å². The van der Waals surface area contributed by atoms with Crippen molar-refractivity contribution < 1.29 is 19.0 Å². The van der Waals surface area contributed by atoms with E-state index in [4.69, 9.17) is 37.4 Å². The highest BCUT2D eigenvalue weighted by molar-refractivity contribution is 6.42. The van der Waals surface area contributed by atoms with Crippen LogP contribution in [0.25, 0.3) is 6.08 Å². The zero-order valence-corrected chi connectivity index (χ0v) is 20.0. The summed E-state index contributed by atoms with van der Waals surface area (Å²) < 4.78 is 17.6. The normalized spacial score (nSPS) is 19.8. The number of Topliss-reactive ketones (excluding diaryl/α,β-unsaturated/α-hetero) is 1. The largest absolute Gasteiger partial charge is 0.478 e. The molecule has 0 radical (unpaired) electrons. The van der Waals surface area contributed by atoms with Crippen molar-refractivity contribution in [3.8, 4) is 11.5 Å². The standard InChI is InChI=1S/C25H26Cl2N2O4/c1-16-11-21-18(14-29(15-32-21)6-2-5-28-7-9-31-10-8-28)25-23(16)24(30)22(33-25)13-17-3-4-19(26)20(27)12-17/h3-4,11-13H,2,5-10,14-15H2,1H3/b22-13-. The van der Waals surface area contributed by atoms with Crippen molar-refractivity contribution in [2.45, 2.75) is 19.9 Å². The van der Waals surface area contributed by atoms with Crippen LogP contribution < -0.4 is 9.47 Å². The summed E-state index contributed by atoms with van der Waals surface area (Å²) in [6, 6.07) is 7.18. The monoisotopic (exact) mass is 488 g/mol. The number of aryl methyl sites for hydroxylation is 1. The van der Waals surface area contributed by atoms with Gasteiger partial charge in [0.2, 0.25) is 5.78 Å². The second-order valence-electron chi connectivity index (χ2n) is 8.62. The lowest BCUT2D eigenvalue weighted by molar-refractivity contribution is 0.0329. The Kier molecular flexibility index (Phi) is 6.63. The molecule has 3 heterocycles. The number of fused-ring (bicyclic) bond motifs is 3. The molecule has 0 saturated carbocycles. The first-order valence-corrected chi connectivity index (χ1v) is 12.0. The van der Waals surface area contributed by atoms with Crippen molar-refractivity contribution in [1.82, 2.24) is 9.80 Å². The van der Waals surface area contributed by atoms with Crippen molar-refractivity contribution in [1.29, 1.82) is 0 Å². The number of hydrogen-bond donors (Lipinski definition) is 0. The number of allylic oxidation sites excluding steroid dienone is 1. The lowest BCUT2D eigenvalue weighted by Crippen LogP contribution is -2.39. The van der Waals surface area contributed by atoms with E-state index in [0.717, 1.165) is 68.3 Å². The van der Waals surface area contributed by atoms with Crippen molar-refractivity contribution in [3.63, 3.8) is 0 Å². The lowest BCUT2D eigenvalue weighted by atomic mass is 9.98. The van der Waals surface area contributed by atoms with E-state index in [2.05, 4.69) is 9.80 Å². The van der Waals surface area contributed by atoms with E-state index in [1.807, 2.05) is 19.1 Å². The topological polar surface area (TPSA) is 51.2 Å². The van der Waals surface area contributed by atoms with Crippen LogP contribution in [0.15, 0.2) is 30.0 Å². The minimum absolute atomic E-state index is 0.124. The fraction of sp³-hybridized carbons (Fsp3) is 0.400. The summed E-state index contributed by atoms with van der Waals surface area (Å²) in [4.78, 5) is 17.9. The fourth-order valence-corrected chi connectivity index (χ4v) is 4.82. The predicted molar refractivity (Wildman–Crippen MR) is 128 cm³/mol. The van der Waals surface area contributed by atoms with Crippen LogP contribution in [-0.4, -0.2) is 61.7 Å². The molecule has 3 aliphatic rings. The molecular weight excluding hydrogens is 463 g/mol. The van der Waals surface area contributed by atoms with Crippen LogP contribution in [0.2, 0.25) is 10.0 Å². The third-order valence-corrected chi connectivity index (χ3v) is 7.02. The van der Waals surface area contributed by atoms with Gasteiger partial charge in [0.1, 0.15) is 18.2 Å². The molecule has 0 unspecified atom stereocenters. The molecule has 5 rings (SSSR count). The third-order valence-electron chi connectivity index (χ3n) is 6.28. The van der Waals surface area contributed by atoms with E-state index in [1.54, 1.807) is 18.2 Å². The van der Waals surface area contributed by atoms with Gasteiger partial charge in [-0.05, 0) is 55.3 Å². The molecular formula is C25H26Cl2N2O4. The van der Waals surface area contributed by atoms with Gasteiger partial charge < -0.3 is 14.2 Å². The second kappa shape index (κ2) is 9.65. The van der Waals surface area contributed by atoms with Gasteiger partial charge in [0.15, 0.2) is 5.76 Å². The number of carbonyl (C=O) groups excluding carboxylic acids is 1. The Morgan fingerprint density at radius 3 is 2.64 bits per heavy atom. The number of morpholine rings is 1. The fourth-order valence-electron chi connectivity index (χ4n) is 4.52. The maximum atomic E-state index is 13.2. The van der Waals surface area contributed by atoms with Gasteiger partial charge in [-0.15, -0.1) is 0 Å². The van der Waals surface area contributed by atoms with E-state index in [0.29, 0.717) is 34.6 Å². The summed E-state index contributed by atoms with van der Waals surface area (Å²) >= 11 is 12.1. The minimum Gasteiger partial charge on any atom is -0.478 e. The van der Waals surface area contributed by atoms with Crippen molar-refractivity contribution in [3.05, 3.63) is 62.3 Å². The average Bonchev–Trinajstić information content (AvgIpc) is 3.14. The Bertz CT molecular complexity index is 1110. The second-order valence-corrected chi connectivity index (χ2v) is 9.44. The number of benzene rings is 2. The van der Waals surface area contributed by atoms with E-state index in [-0.39, 0.29) is 11.5 Å². The number of ether oxygens (including phenoxy) is 3. The van der Waals surface area contributed by atoms with E-state index >= 15 is 0 Å². The highest BCUT2D eigenvalue weighted by atomic mass is 35.5. The van der Waals surface area contributed by atoms with Crippen LogP contribution in [-0.2, 0) is 11.3 Å². The molecule has 0 aliphatic carbocycles. The van der Waals surface area contributed by atoms with Gasteiger partial charge in [-0.25, -0.2) is 0 Å². The first-order valence-electron chi connectivity index (χ1n) is 11.2. The van der Waals surface area contributed by atoms with Crippen molar-refractivity contribution in [2.75, 3.05) is 46.1 Å². The zero-order valence-electron chi connectivity index (χ0n) is 18.5. The maximum absolute atomic E-state index is 13.2. The summed E-state index contributed by atoms with van der Waals surface area (Å²) in [6.45, 7) is 8.73. The van der Waals surface area contributed by atoms with Gasteiger partial charge in [0.25, 0.3) is 0 Å². The Hall–Kier alpha value is -2.09. The first kappa shape index (κ1) is 22.7. The summed E-state index contributed by atoms with van der Waals surface area (Å²) in [5.41, 5.74) is 3.15. The molecule has 0 amide bonds. The number of ketones is 1. The van der Waals surface area contributed by atoms with Crippen LogP contribution in [0, 0.1) is 6.92 Å². The predicted octanol–water partition coefficient (Wildman–Crippen LogP) is 4.79. The van der Waals surface area contributed by atoms with E-state index in [1.165, 1.54) is 0 Å². The van der Waals surface area contributed by atoms with Crippen LogP contribution >= 0.6 is 23.2 Å². The minimum atomic E-state index is -0.124. The van der Waals surface area contributed by atoms with E-state index < -0.39 is 0 Å². The Morgan fingerprint density at radius 1 is 1.06 bits per heavy atom. The number of hydrogen-bond acceptors (Lipinski definition) is 6. The molecule has 174 valence electrons. The Labute approximate surface area is 203 Å². The molecule has 3 aliphatic heterocycles. The van der Waals surface area contributed by atoms with Crippen LogP contribution in [0.5, 0.6) is 11.5 Å². The number of nitrogens with zero attached hydrogens (tertiary/aromatic N) is 2. The highest BCUT2D eigenvalue weighted by Gasteiger charge is 2.35. The quantitative estimate of drug-likeness (QED) is 0.563. The van der Waals surface area contributed by atoms with Crippen molar-refractivity contribution >= 4 is 35.1 Å². The van der Waals surface area contributed by atoms with Crippen LogP contribution in [0.3, 0.4) is 0 Å². The number of rotatable bonds is 5. The molecule has 6 nitrogen and oxygen atoms in total. The highest BCUT2D eigenvalue weighted by Crippen LogP contribution is 2.44. The molecule has 8 heteroatoms. The number of carbonyl (C=O) groups is 1. The molecule has 0 atom stereocenters. The molecule has 1 saturated heterocycles. The van der Waals surface area contributed by atoms with Gasteiger partial charge in [0, 0.05) is 26.2 Å². The molecule has 33 heavy (non-hydrogen) atoms. The van der Waals surface area contributed by atoms with Gasteiger partial charge in [0.05, 0.1) is 34.4 Å². The lowest BCUT2D eigenvalue weighted by Gasteiger charge is -2.31. The molecule has 1 fully saturated rings. The summed E-state index contributed by atoms with van der Waals surface area (Å²) in [5, 5.41) is 0.903. The smallest absolute Gasteiger partial charge is 0.232 e. The summed E-state index contributed by atoms with van der Waals surface area (Å²) in [6.07, 6.45) is 2.76. The van der Waals surface area contributed by atoms with Gasteiger partial charge >= 0.3 is 0 Å². The molecule has 0 N–H and O–H groups in total. The molecule has 0 bridgehead atoms. The maximum Gasteiger partial charge on any atom is 0.232 e. The molecule has 2 aromatic carbocycles. The number of halogens is 2. The van der Waals surface area contributed by atoms with Gasteiger partial charge in [-0.2, -0.15) is 0 Å². The molecule has 0 aromatic heterocycles. The Morgan fingerprint density at radius 2 is 1.85 bits per heavy atom. The molecule has 2 aromatic rings. The van der Waals surface area contributed by atoms with Crippen molar-refractivity contribution in [2.24, 2.45) is 0 Å². The SMILES string of the molecule is Cc1cc2c(c3c1C(=O)/C(=C/c1ccc(Cl)c(Cl)c1)O3)CN(CCCN1CCOCC1)CO2. The van der Waals surface area contributed by atoms with Gasteiger partial charge in [-0.1, -0.05) is 29.3 Å². The Balaban J connectivity index is 1.33. The summed E-state index contributed by atoms with van der Waals surface area (Å²) in [7, 11) is 0. The third kappa shape index (κ3) is 4.77. The van der Waals surface area contributed by atoms with Crippen LogP contribution in [0.1, 0.15) is 33.5 Å². The molecule has 0 spiro atoms. The first-order chi connectivity index (χ1) is 16.0.